The minimum absolute atomic E-state index is 0. The average Bonchev–Trinajstić information content (AvgIpc) is 2.49. The molecule has 0 unspecified atom stereocenters. The van der Waals surface area contributed by atoms with E-state index in [9.17, 15) is 9.59 Å². The van der Waals surface area contributed by atoms with Crippen molar-refractivity contribution in [3.05, 3.63) is 0 Å². The van der Waals surface area contributed by atoms with Crippen LogP contribution in [0.3, 0.4) is 0 Å². The molecule has 122 valence electrons. The second-order valence-electron chi connectivity index (χ2n) is 5.81. The number of halogens is 1. The van der Waals surface area contributed by atoms with E-state index in [1.165, 1.54) is 0 Å². The van der Waals surface area contributed by atoms with Crippen molar-refractivity contribution in [1.82, 2.24) is 10.6 Å². The molecule has 0 aromatic carbocycles. The molecule has 1 atom stereocenters. The van der Waals surface area contributed by atoms with Gasteiger partial charge >= 0.3 is 5.97 Å². The number of hydrogen-bond donors (Lipinski definition) is 2. The molecule has 21 heavy (non-hydrogen) atoms. The van der Waals surface area contributed by atoms with Crippen LogP contribution in [0.4, 0.5) is 0 Å². The Balaban J connectivity index is 0.00000220. The fraction of sp³-hybridized carbons (Fsp3) is 0.867. The van der Waals surface area contributed by atoms with E-state index in [1.807, 2.05) is 6.92 Å². The highest BCUT2D eigenvalue weighted by Gasteiger charge is 2.29. The lowest BCUT2D eigenvalue weighted by Crippen LogP contribution is -2.50. The van der Waals surface area contributed by atoms with Crippen molar-refractivity contribution in [2.24, 2.45) is 5.92 Å². The van der Waals surface area contributed by atoms with Crippen LogP contribution in [0.15, 0.2) is 0 Å². The number of piperidine rings is 1. The molecule has 1 amide bonds. The van der Waals surface area contributed by atoms with Crippen LogP contribution in [0.25, 0.3) is 0 Å². The molecule has 0 bridgehead atoms. The summed E-state index contributed by atoms with van der Waals surface area (Å²) in [6, 6.07) is 0.198. The quantitative estimate of drug-likeness (QED) is 0.776. The van der Waals surface area contributed by atoms with E-state index in [-0.39, 0.29) is 42.3 Å². The van der Waals surface area contributed by atoms with Gasteiger partial charge in [-0.1, -0.05) is 6.42 Å². The van der Waals surface area contributed by atoms with Crippen LogP contribution in [-0.4, -0.2) is 37.1 Å². The third-order valence-electron chi connectivity index (χ3n) is 4.32. The first-order valence-electron chi connectivity index (χ1n) is 7.91. The minimum Gasteiger partial charge on any atom is -0.466 e. The summed E-state index contributed by atoms with van der Waals surface area (Å²) in [5.41, 5.74) is 0. The summed E-state index contributed by atoms with van der Waals surface area (Å²) in [6.07, 6.45) is 6.62. The van der Waals surface area contributed by atoms with Gasteiger partial charge in [-0.25, -0.2) is 0 Å². The van der Waals surface area contributed by atoms with Crippen molar-refractivity contribution in [3.63, 3.8) is 0 Å². The summed E-state index contributed by atoms with van der Waals surface area (Å²) in [6.45, 7) is 3.22. The number of nitrogens with one attached hydrogen (secondary N) is 2. The van der Waals surface area contributed by atoms with Crippen LogP contribution in [0.5, 0.6) is 0 Å². The Bertz CT molecular complexity index is 338. The van der Waals surface area contributed by atoms with E-state index in [0.29, 0.717) is 6.61 Å². The molecule has 2 fully saturated rings. The largest absolute Gasteiger partial charge is 0.466 e. The number of rotatable bonds is 4. The molecule has 1 aliphatic heterocycles. The van der Waals surface area contributed by atoms with Gasteiger partial charge in [0.15, 0.2) is 0 Å². The van der Waals surface area contributed by atoms with Crippen LogP contribution in [-0.2, 0) is 14.3 Å². The first kappa shape index (κ1) is 18.2. The highest BCUT2D eigenvalue weighted by atomic mass is 35.5. The molecule has 1 aliphatic carbocycles. The van der Waals surface area contributed by atoms with Gasteiger partial charge < -0.3 is 15.4 Å². The zero-order chi connectivity index (χ0) is 14.4. The number of esters is 1. The highest BCUT2D eigenvalue weighted by Crippen LogP contribution is 2.25. The van der Waals surface area contributed by atoms with Crippen molar-refractivity contribution >= 4 is 24.3 Å². The molecular weight excluding hydrogens is 292 g/mol. The van der Waals surface area contributed by atoms with Gasteiger partial charge in [0.1, 0.15) is 0 Å². The molecule has 1 saturated heterocycles. The van der Waals surface area contributed by atoms with Crippen molar-refractivity contribution in [1.29, 1.82) is 0 Å². The SMILES string of the molecule is CCOC(=O)C1CCC(NC(=O)[C@H]2CCCCN2)CC1.Cl. The number of carbonyl (C=O) groups is 2. The molecule has 1 saturated carbocycles. The van der Waals surface area contributed by atoms with Gasteiger partial charge in [0.25, 0.3) is 0 Å². The summed E-state index contributed by atoms with van der Waals surface area (Å²) in [4.78, 5) is 23.8. The summed E-state index contributed by atoms with van der Waals surface area (Å²) < 4.78 is 5.06. The smallest absolute Gasteiger partial charge is 0.308 e. The van der Waals surface area contributed by atoms with Crippen LogP contribution in [0, 0.1) is 5.92 Å². The average molecular weight is 319 g/mol. The molecule has 2 N–H and O–H groups in total. The fourth-order valence-electron chi connectivity index (χ4n) is 3.11. The molecule has 0 aromatic rings. The molecule has 5 nitrogen and oxygen atoms in total. The van der Waals surface area contributed by atoms with Gasteiger partial charge in [0.05, 0.1) is 18.6 Å². The molecule has 0 aromatic heterocycles. The molecule has 6 heteroatoms. The molecule has 0 radical (unpaired) electrons. The Hall–Kier alpha value is -0.810. The van der Waals surface area contributed by atoms with Crippen LogP contribution < -0.4 is 10.6 Å². The van der Waals surface area contributed by atoms with Crippen LogP contribution >= 0.6 is 12.4 Å². The molecule has 1 heterocycles. The lowest BCUT2D eigenvalue weighted by atomic mass is 9.86. The summed E-state index contributed by atoms with van der Waals surface area (Å²) in [5, 5.41) is 6.39. The maximum absolute atomic E-state index is 12.1. The summed E-state index contributed by atoms with van der Waals surface area (Å²) in [5.74, 6) is 0.0754. The standard InChI is InChI=1S/C15H26N2O3.ClH/c1-2-20-15(19)11-6-8-12(9-7-11)17-14(18)13-5-3-4-10-16-13;/h11-13,16H,2-10H2,1H3,(H,17,18);1H/t11?,12?,13-;/m1./s1. The van der Waals surface area contributed by atoms with Crippen LogP contribution in [0.1, 0.15) is 51.9 Å². The number of ether oxygens (including phenoxy) is 1. The van der Waals surface area contributed by atoms with Crippen molar-refractivity contribution in [3.8, 4) is 0 Å². The number of carbonyl (C=O) groups excluding carboxylic acids is 2. The van der Waals surface area contributed by atoms with E-state index in [4.69, 9.17) is 4.74 Å². The Morgan fingerprint density at radius 3 is 2.43 bits per heavy atom. The van der Waals surface area contributed by atoms with Gasteiger partial charge in [-0.15, -0.1) is 12.4 Å². The number of amides is 1. The van der Waals surface area contributed by atoms with E-state index in [2.05, 4.69) is 10.6 Å². The lowest BCUT2D eigenvalue weighted by Gasteiger charge is -2.30. The zero-order valence-electron chi connectivity index (χ0n) is 12.7. The van der Waals surface area contributed by atoms with Crippen molar-refractivity contribution in [2.75, 3.05) is 13.2 Å². The first-order chi connectivity index (χ1) is 9.70. The summed E-state index contributed by atoms with van der Waals surface area (Å²) in [7, 11) is 0. The van der Waals surface area contributed by atoms with E-state index in [1.54, 1.807) is 0 Å². The fourth-order valence-corrected chi connectivity index (χ4v) is 3.11. The second-order valence-corrected chi connectivity index (χ2v) is 5.81. The predicted octanol–water partition coefficient (Wildman–Crippen LogP) is 1.79. The third-order valence-corrected chi connectivity index (χ3v) is 4.32. The Morgan fingerprint density at radius 2 is 1.86 bits per heavy atom. The second kappa shape index (κ2) is 9.26. The van der Waals surface area contributed by atoms with Gasteiger partial charge in [-0.2, -0.15) is 0 Å². The minimum atomic E-state index is -0.0776. The normalized spacial score (nSPS) is 29.1. The van der Waals surface area contributed by atoms with Gasteiger partial charge in [-0.05, 0) is 52.0 Å². The predicted molar refractivity (Wildman–Crippen MR) is 83.4 cm³/mol. The van der Waals surface area contributed by atoms with Gasteiger partial charge in [-0.3, -0.25) is 9.59 Å². The molecular formula is C15H27ClN2O3. The van der Waals surface area contributed by atoms with Gasteiger partial charge in [0, 0.05) is 6.04 Å². The maximum Gasteiger partial charge on any atom is 0.308 e. The Kier molecular flexibility index (Phi) is 8.04. The van der Waals surface area contributed by atoms with Crippen molar-refractivity contribution < 1.29 is 14.3 Å². The summed E-state index contributed by atoms with van der Waals surface area (Å²) >= 11 is 0. The molecule has 0 spiro atoms. The lowest BCUT2D eigenvalue weighted by molar-refractivity contribution is -0.149. The zero-order valence-corrected chi connectivity index (χ0v) is 13.5. The van der Waals surface area contributed by atoms with E-state index < -0.39 is 0 Å². The topological polar surface area (TPSA) is 67.4 Å². The first-order valence-corrected chi connectivity index (χ1v) is 7.91. The Morgan fingerprint density at radius 1 is 1.14 bits per heavy atom. The van der Waals surface area contributed by atoms with E-state index >= 15 is 0 Å². The Labute approximate surface area is 133 Å². The van der Waals surface area contributed by atoms with E-state index in [0.717, 1.165) is 51.5 Å². The number of hydrogen-bond acceptors (Lipinski definition) is 4. The molecule has 2 rings (SSSR count). The third kappa shape index (κ3) is 5.47. The van der Waals surface area contributed by atoms with Crippen LogP contribution in [0.2, 0.25) is 0 Å². The highest BCUT2D eigenvalue weighted by molar-refractivity contribution is 5.85. The molecule has 2 aliphatic rings. The monoisotopic (exact) mass is 318 g/mol. The maximum atomic E-state index is 12.1. The van der Waals surface area contributed by atoms with Crippen molar-refractivity contribution in [2.45, 2.75) is 64.0 Å². The van der Waals surface area contributed by atoms with Gasteiger partial charge in [0.2, 0.25) is 5.91 Å².